The van der Waals surface area contributed by atoms with Gasteiger partial charge in [-0.3, -0.25) is 0 Å². The topological polar surface area (TPSA) is 74.2 Å². The second kappa shape index (κ2) is 6.05. The average molecular weight is 293 g/mol. The molecular weight excluding hydrogens is 266 g/mol. The minimum atomic E-state index is -0.382. The molecule has 2 N–H and O–H groups in total. The highest BCUT2D eigenvalue weighted by Crippen LogP contribution is 2.37. The summed E-state index contributed by atoms with van der Waals surface area (Å²) in [7, 11) is 0. The summed E-state index contributed by atoms with van der Waals surface area (Å²) >= 11 is 0. The lowest BCUT2D eigenvalue weighted by atomic mass is 9.76. The van der Waals surface area contributed by atoms with Crippen LogP contribution in [-0.2, 0) is 16.7 Å². The van der Waals surface area contributed by atoms with Crippen molar-refractivity contribution < 1.29 is 9.26 Å². The zero-order chi connectivity index (χ0) is 14.9. The predicted molar refractivity (Wildman–Crippen MR) is 79.6 cm³/mol. The molecule has 0 saturated heterocycles. The van der Waals surface area contributed by atoms with Crippen molar-refractivity contribution in [3.63, 3.8) is 0 Å². The van der Waals surface area contributed by atoms with E-state index in [9.17, 15) is 0 Å². The van der Waals surface area contributed by atoms with E-state index in [2.05, 4.69) is 17.1 Å². The Kier molecular flexibility index (Phi) is 4.31. The Bertz CT molecular complexity index is 470. The van der Waals surface area contributed by atoms with Gasteiger partial charge >= 0.3 is 0 Å². The van der Waals surface area contributed by atoms with Crippen molar-refractivity contribution in [2.45, 2.75) is 70.4 Å². The van der Waals surface area contributed by atoms with Gasteiger partial charge in [0.05, 0.1) is 11.6 Å². The van der Waals surface area contributed by atoms with Crippen molar-refractivity contribution in [1.29, 1.82) is 0 Å². The maximum atomic E-state index is 6.52. The quantitative estimate of drug-likeness (QED) is 0.903. The van der Waals surface area contributed by atoms with Gasteiger partial charge in [0.2, 0.25) is 5.89 Å². The molecule has 2 unspecified atom stereocenters. The molecule has 1 aromatic rings. The van der Waals surface area contributed by atoms with E-state index in [4.69, 9.17) is 15.0 Å². The summed E-state index contributed by atoms with van der Waals surface area (Å²) in [6, 6.07) is 0. The maximum Gasteiger partial charge on any atom is 0.226 e. The third-order valence-corrected chi connectivity index (χ3v) is 5.00. The fourth-order valence-electron chi connectivity index (χ4n) is 3.79. The average Bonchev–Trinajstić information content (AvgIpc) is 2.85. The first-order valence-corrected chi connectivity index (χ1v) is 8.32. The van der Waals surface area contributed by atoms with E-state index < -0.39 is 0 Å². The van der Waals surface area contributed by atoms with Crippen LogP contribution in [0.2, 0.25) is 0 Å². The first-order chi connectivity index (χ1) is 10.1. The fourth-order valence-corrected chi connectivity index (χ4v) is 3.79. The smallest absolute Gasteiger partial charge is 0.226 e. The van der Waals surface area contributed by atoms with Gasteiger partial charge in [0.15, 0.2) is 5.82 Å². The molecule has 0 aliphatic heterocycles. The van der Waals surface area contributed by atoms with Gasteiger partial charge in [-0.25, -0.2) is 0 Å². The lowest BCUT2D eigenvalue weighted by Gasteiger charge is -2.34. The highest BCUT2D eigenvalue weighted by atomic mass is 16.5. The SMILES string of the molecule is CCOC1CC(Cc2nc(C3(N)CCCC(C)C3)no2)C1. The molecule has 0 bridgehead atoms. The third kappa shape index (κ3) is 3.29. The van der Waals surface area contributed by atoms with Crippen LogP contribution < -0.4 is 5.73 Å². The molecule has 2 aliphatic carbocycles. The van der Waals surface area contributed by atoms with Crippen molar-refractivity contribution >= 4 is 0 Å². The van der Waals surface area contributed by atoms with Crippen LogP contribution in [-0.4, -0.2) is 22.9 Å². The van der Waals surface area contributed by atoms with Gasteiger partial charge in [0, 0.05) is 13.0 Å². The Morgan fingerprint density at radius 1 is 1.43 bits per heavy atom. The maximum absolute atomic E-state index is 6.52. The number of nitrogens with zero attached hydrogens (tertiary/aromatic N) is 2. The van der Waals surface area contributed by atoms with Crippen molar-refractivity contribution in [1.82, 2.24) is 10.1 Å². The van der Waals surface area contributed by atoms with Crippen molar-refractivity contribution in [3.8, 4) is 0 Å². The fraction of sp³-hybridized carbons (Fsp3) is 0.875. The number of ether oxygens (including phenoxy) is 1. The Hall–Kier alpha value is -0.940. The summed E-state index contributed by atoms with van der Waals surface area (Å²) in [5.41, 5.74) is 6.14. The number of aromatic nitrogens is 2. The Labute approximate surface area is 126 Å². The molecule has 0 radical (unpaired) electrons. The van der Waals surface area contributed by atoms with E-state index in [0.717, 1.165) is 51.0 Å². The van der Waals surface area contributed by atoms with E-state index >= 15 is 0 Å². The summed E-state index contributed by atoms with van der Waals surface area (Å²) in [5.74, 6) is 2.72. The summed E-state index contributed by atoms with van der Waals surface area (Å²) in [5, 5.41) is 4.17. The lowest BCUT2D eigenvalue weighted by Crippen LogP contribution is -2.42. The van der Waals surface area contributed by atoms with Crippen LogP contribution in [0.4, 0.5) is 0 Å². The highest BCUT2D eigenvalue weighted by molar-refractivity contribution is 5.06. The summed E-state index contributed by atoms with van der Waals surface area (Å²) in [6.07, 6.45) is 7.84. The molecule has 5 nitrogen and oxygen atoms in total. The second-order valence-electron chi connectivity index (χ2n) is 6.99. The van der Waals surface area contributed by atoms with Crippen LogP contribution in [0.25, 0.3) is 0 Å². The molecule has 21 heavy (non-hydrogen) atoms. The molecule has 2 fully saturated rings. The molecule has 0 aromatic carbocycles. The molecule has 118 valence electrons. The van der Waals surface area contributed by atoms with E-state index in [1.54, 1.807) is 0 Å². The molecule has 2 atom stereocenters. The van der Waals surface area contributed by atoms with Crippen molar-refractivity contribution in [2.75, 3.05) is 6.61 Å². The van der Waals surface area contributed by atoms with Crippen molar-refractivity contribution in [2.24, 2.45) is 17.6 Å². The van der Waals surface area contributed by atoms with Crippen LogP contribution in [0.5, 0.6) is 0 Å². The molecule has 2 saturated carbocycles. The Balaban J connectivity index is 1.57. The second-order valence-corrected chi connectivity index (χ2v) is 6.99. The van der Waals surface area contributed by atoms with Crippen LogP contribution in [0.15, 0.2) is 4.52 Å². The zero-order valence-corrected chi connectivity index (χ0v) is 13.2. The molecule has 3 rings (SSSR count). The number of rotatable bonds is 5. The van der Waals surface area contributed by atoms with Gasteiger partial charge in [-0.15, -0.1) is 0 Å². The number of hydrogen-bond acceptors (Lipinski definition) is 5. The summed E-state index contributed by atoms with van der Waals surface area (Å²) in [4.78, 5) is 4.59. The highest BCUT2D eigenvalue weighted by Gasteiger charge is 2.37. The minimum absolute atomic E-state index is 0.382. The van der Waals surface area contributed by atoms with E-state index in [-0.39, 0.29) is 5.54 Å². The van der Waals surface area contributed by atoms with E-state index in [0.29, 0.717) is 23.8 Å². The zero-order valence-electron chi connectivity index (χ0n) is 13.2. The van der Waals surface area contributed by atoms with Crippen LogP contribution in [0.1, 0.15) is 64.1 Å². The van der Waals surface area contributed by atoms with Crippen molar-refractivity contribution in [3.05, 3.63) is 11.7 Å². The van der Waals surface area contributed by atoms with Gasteiger partial charge in [0.1, 0.15) is 0 Å². The van der Waals surface area contributed by atoms with Gasteiger partial charge in [-0.1, -0.05) is 24.9 Å². The molecule has 5 heteroatoms. The molecule has 0 amide bonds. The van der Waals surface area contributed by atoms with Crippen LogP contribution in [0, 0.1) is 11.8 Å². The first-order valence-electron chi connectivity index (χ1n) is 8.32. The molecular formula is C16H27N3O2. The van der Waals surface area contributed by atoms with Crippen LogP contribution in [0.3, 0.4) is 0 Å². The standard InChI is InChI=1S/C16H27N3O2/c1-3-20-13-7-12(8-13)9-14-18-15(19-21-14)16(17)6-4-5-11(2)10-16/h11-13H,3-10,17H2,1-2H3. The van der Waals surface area contributed by atoms with Gasteiger partial charge in [-0.05, 0) is 44.4 Å². The Morgan fingerprint density at radius 3 is 2.95 bits per heavy atom. The van der Waals surface area contributed by atoms with Crippen LogP contribution >= 0.6 is 0 Å². The summed E-state index contributed by atoms with van der Waals surface area (Å²) < 4.78 is 11.0. The Morgan fingerprint density at radius 2 is 2.24 bits per heavy atom. The van der Waals surface area contributed by atoms with Gasteiger partial charge in [0.25, 0.3) is 0 Å². The minimum Gasteiger partial charge on any atom is -0.378 e. The predicted octanol–water partition coefficient (Wildman–Crippen LogP) is 2.79. The summed E-state index contributed by atoms with van der Waals surface area (Å²) in [6.45, 7) is 5.10. The van der Waals surface area contributed by atoms with E-state index in [1.807, 2.05) is 6.92 Å². The third-order valence-electron chi connectivity index (χ3n) is 5.00. The van der Waals surface area contributed by atoms with Gasteiger partial charge in [-0.2, -0.15) is 4.98 Å². The molecule has 1 aromatic heterocycles. The van der Waals surface area contributed by atoms with E-state index in [1.165, 1.54) is 6.42 Å². The molecule has 1 heterocycles. The first kappa shape index (κ1) is 15.0. The normalized spacial score (nSPS) is 36.4. The largest absolute Gasteiger partial charge is 0.378 e. The molecule has 0 spiro atoms. The number of hydrogen-bond donors (Lipinski definition) is 1. The number of nitrogens with two attached hydrogens (primary N) is 1. The lowest BCUT2D eigenvalue weighted by molar-refractivity contribution is -0.0258. The monoisotopic (exact) mass is 293 g/mol. The van der Waals surface area contributed by atoms with Gasteiger partial charge < -0.3 is 15.0 Å². The molecule has 2 aliphatic rings.